The SMILES string of the molecule is COc1cc(CO)ccc1S(=O)(=O)NCC1CCCC1. The standard InChI is InChI=1S/C14H21NO4S/c1-19-13-8-12(10-16)6-7-14(13)20(17,18)15-9-11-4-2-3-5-11/h6-8,11,15-16H,2-5,9-10H2,1H3. The van der Waals surface area contributed by atoms with Crippen molar-refractivity contribution in [3.8, 4) is 5.75 Å². The molecule has 2 rings (SSSR count). The lowest BCUT2D eigenvalue weighted by Crippen LogP contribution is -2.28. The Balaban J connectivity index is 2.15. The minimum atomic E-state index is -3.57. The van der Waals surface area contributed by atoms with E-state index in [1.807, 2.05) is 0 Å². The molecule has 0 heterocycles. The van der Waals surface area contributed by atoms with E-state index >= 15 is 0 Å². The Morgan fingerprint density at radius 1 is 1.35 bits per heavy atom. The molecule has 0 saturated heterocycles. The van der Waals surface area contributed by atoms with Crippen molar-refractivity contribution in [3.63, 3.8) is 0 Å². The molecule has 0 spiro atoms. The van der Waals surface area contributed by atoms with Crippen LogP contribution in [0.3, 0.4) is 0 Å². The third kappa shape index (κ3) is 3.50. The number of benzene rings is 1. The molecule has 5 nitrogen and oxygen atoms in total. The molecule has 1 fully saturated rings. The summed E-state index contributed by atoms with van der Waals surface area (Å²) in [5, 5.41) is 9.08. The van der Waals surface area contributed by atoms with Crippen molar-refractivity contribution in [2.24, 2.45) is 5.92 Å². The summed E-state index contributed by atoms with van der Waals surface area (Å²) in [6.07, 6.45) is 4.54. The Morgan fingerprint density at radius 3 is 2.65 bits per heavy atom. The van der Waals surface area contributed by atoms with Gasteiger partial charge in [0, 0.05) is 6.54 Å². The summed E-state index contributed by atoms with van der Waals surface area (Å²) < 4.78 is 32.4. The molecular formula is C14H21NO4S. The van der Waals surface area contributed by atoms with E-state index in [1.165, 1.54) is 26.0 Å². The number of aliphatic hydroxyl groups is 1. The van der Waals surface area contributed by atoms with Crippen LogP contribution >= 0.6 is 0 Å². The second-order valence-electron chi connectivity index (χ2n) is 5.15. The van der Waals surface area contributed by atoms with Gasteiger partial charge in [0.25, 0.3) is 0 Å². The Morgan fingerprint density at radius 2 is 2.05 bits per heavy atom. The van der Waals surface area contributed by atoms with Crippen LogP contribution in [0, 0.1) is 5.92 Å². The van der Waals surface area contributed by atoms with Gasteiger partial charge in [0.1, 0.15) is 10.6 Å². The summed E-state index contributed by atoms with van der Waals surface area (Å²) >= 11 is 0. The summed E-state index contributed by atoms with van der Waals surface area (Å²) in [6, 6.07) is 4.61. The molecule has 0 amide bonds. The van der Waals surface area contributed by atoms with Gasteiger partial charge in [0.15, 0.2) is 0 Å². The highest BCUT2D eigenvalue weighted by molar-refractivity contribution is 7.89. The maximum Gasteiger partial charge on any atom is 0.244 e. The van der Waals surface area contributed by atoms with Gasteiger partial charge in [-0.3, -0.25) is 0 Å². The topological polar surface area (TPSA) is 75.6 Å². The van der Waals surface area contributed by atoms with Crippen molar-refractivity contribution in [3.05, 3.63) is 23.8 Å². The van der Waals surface area contributed by atoms with E-state index < -0.39 is 10.0 Å². The number of nitrogens with one attached hydrogen (secondary N) is 1. The van der Waals surface area contributed by atoms with Crippen LogP contribution in [0.2, 0.25) is 0 Å². The molecule has 20 heavy (non-hydrogen) atoms. The lowest BCUT2D eigenvalue weighted by molar-refractivity contribution is 0.280. The van der Waals surface area contributed by atoms with Crippen molar-refractivity contribution >= 4 is 10.0 Å². The minimum absolute atomic E-state index is 0.121. The molecule has 1 aliphatic rings. The van der Waals surface area contributed by atoms with Crippen LogP contribution in [-0.4, -0.2) is 27.2 Å². The quantitative estimate of drug-likeness (QED) is 0.837. The van der Waals surface area contributed by atoms with Crippen LogP contribution in [0.1, 0.15) is 31.2 Å². The van der Waals surface area contributed by atoms with Gasteiger partial charge in [-0.05, 0) is 36.5 Å². The van der Waals surface area contributed by atoms with Crippen LogP contribution in [0.15, 0.2) is 23.1 Å². The molecule has 0 radical (unpaired) electrons. The van der Waals surface area contributed by atoms with Crippen molar-refractivity contribution < 1.29 is 18.3 Å². The number of rotatable bonds is 6. The number of sulfonamides is 1. The van der Waals surface area contributed by atoms with Gasteiger partial charge in [-0.1, -0.05) is 18.9 Å². The molecule has 112 valence electrons. The predicted octanol–water partition coefficient (Wildman–Crippen LogP) is 1.66. The number of hydrogen-bond acceptors (Lipinski definition) is 4. The van der Waals surface area contributed by atoms with Crippen molar-refractivity contribution in [2.75, 3.05) is 13.7 Å². The molecular weight excluding hydrogens is 278 g/mol. The van der Waals surface area contributed by atoms with Crippen LogP contribution in [0.25, 0.3) is 0 Å². The Labute approximate surface area is 120 Å². The molecule has 6 heteroatoms. The largest absolute Gasteiger partial charge is 0.495 e. The fourth-order valence-electron chi connectivity index (χ4n) is 2.55. The maximum atomic E-state index is 12.3. The summed E-state index contributed by atoms with van der Waals surface area (Å²) in [7, 11) is -2.15. The average molecular weight is 299 g/mol. The monoisotopic (exact) mass is 299 g/mol. The third-order valence-electron chi connectivity index (χ3n) is 3.74. The number of aliphatic hydroxyl groups excluding tert-OH is 1. The molecule has 0 aromatic heterocycles. The van der Waals surface area contributed by atoms with E-state index in [4.69, 9.17) is 9.84 Å². The molecule has 0 atom stereocenters. The first-order valence-corrected chi connectivity index (χ1v) is 8.32. The second-order valence-corrected chi connectivity index (χ2v) is 6.88. The molecule has 1 aromatic rings. The first-order valence-electron chi connectivity index (χ1n) is 6.84. The van der Waals surface area contributed by atoms with E-state index in [0.29, 0.717) is 18.0 Å². The second kappa shape index (κ2) is 6.56. The van der Waals surface area contributed by atoms with E-state index in [0.717, 1.165) is 12.8 Å². The highest BCUT2D eigenvalue weighted by Crippen LogP contribution is 2.27. The number of ether oxygens (including phenoxy) is 1. The highest BCUT2D eigenvalue weighted by Gasteiger charge is 2.22. The van der Waals surface area contributed by atoms with Gasteiger partial charge in [-0.25, -0.2) is 13.1 Å². The Bertz CT molecular complexity index is 550. The van der Waals surface area contributed by atoms with Crippen LogP contribution in [0.4, 0.5) is 0 Å². The van der Waals surface area contributed by atoms with Crippen molar-refractivity contribution in [2.45, 2.75) is 37.2 Å². The van der Waals surface area contributed by atoms with Gasteiger partial charge in [0.2, 0.25) is 10.0 Å². The highest BCUT2D eigenvalue weighted by atomic mass is 32.2. The normalized spacial score (nSPS) is 16.5. The smallest absolute Gasteiger partial charge is 0.244 e. The molecule has 1 aliphatic carbocycles. The molecule has 0 unspecified atom stereocenters. The first kappa shape index (κ1) is 15.3. The molecule has 2 N–H and O–H groups in total. The summed E-state index contributed by atoms with van der Waals surface area (Å²) in [6.45, 7) is 0.333. The van der Waals surface area contributed by atoms with Crippen molar-refractivity contribution in [1.29, 1.82) is 0 Å². The van der Waals surface area contributed by atoms with E-state index in [1.54, 1.807) is 12.1 Å². The van der Waals surface area contributed by atoms with Crippen LogP contribution in [0.5, 0.6) is 5.75 Å². The zero-order chi connectivity index (χ0) is 14.6. The summed E-state index contributed by atoms with van der Waals surface area (Å²) in [5.74, 6) is 0.697. The van der Waals surface area contributed by atoms with Gasteiger partial charge >= 0.3 is 0 Å². The van der Waals surface area contributed by atoms with Gasteiger partial charge < -0.3 is 9.84 Å². The number of hydrogen-bond donors (Lipinski definition) is 2. The minimum Gasteiger partial charge on any atom is -0.495 e. The van der Waals surface area contributed by atoms with Crippen LogP contribution < -0.4 is 9.46 Å². The van der Waals surface area contributed by atoms with Crippen LogP contribution in [-0.2, 0) is 16.6 Å². The van der Waals surface area contributed by atoms with Crippen molar-refractivity contribution in [1.82, 2.24) is 4.72 Å². The molecule has 1 saturated carbocycles. The van der Waals surface area contributed by atoms with E-state index in [9.17, 15) is 8.42 Å². The Hall–Kier alpha value is -1.11. The van der Waals surface area contributed by atoms with E-state index in [-0.39, 0.29) is 17.3 Å². The third-order valence-corrected chi connectivity index (χ3v) is 5.20. The number of methoxy groups -OCH3 is 1. The lowest BCUT2D eigenvalue weighted by Gasteiger charge is -2.14. The maximum absolute atomic E-state index is 12.3. The first-order chi connectivity index (χ1) is 9.56. The fourth-order valence-corrected chi connectivity index (χ4v) is 3.82. The average Bonchev–Trinajstić information content (AvgIpc) is 2.97. The van der Waals surface area contributed by atoms with Gasteiger partial charge in [0.05, 0.1) is 13.7 Å². The van der Waals surface area contributed by atoms with Gasteiger partial charge in [-0.2, -0.15) is 0 Å². The lowest BCUT2D eigenvalue weighted by atomic mass is 10.1. The Kier molecular flexibility index (Phi) is 5.01. The zero-order valence-corrected chi connectivity index (χ0v) is 12.4. The molecule has 0 aliphatic heterocycles. The molecule has 1 aromatic carbocycles. The van der Waals surface area contributed by atoms with Gasteiger partial charge in [-0.15, -0.1) is 0 Å². The summed E-state index contributed by atoms with van der Waals surface area (Å²) in [5.41, 5.74) is 0.622. The predicted molar refractivity (Wildman–Crippen MR) is 76.1 cm³/mol. The molecule has 0 bridgehead atoms. The fraction of sp³-hybridized carbons (Fsp3) is 0.571. The van der Waals surface area contributed by atoms with E-state index in [2.05, 4.69) is 4.72 Å². The summed E-state index contributed by atoms with van der Waals surface area (Å²) in [4.78, 5) is 0.121. The zero-order valence-electron chi connectivity index (χ0n) is 11.6.